The van der Waals surface area contributed by atoms with Gasteiger partial charge in [0.05, 0.1) is 17.9 Å². The quantitative estimate of drug-likeness (QED) is 0.651. The van der Waals surface area contributed by atoms with Crippen molar-refractivity contribution in [1.29, 1.82) is 0 Å². The number of nitrogens with zero attached hydrogens (tertiary/aromatic N) is 1. The molecule has 0 radical (unpaired) electrons. The summed E-state index contributed by atoms with van der Waals surface area (Å²) >= 11 is 0. The number of halogens is 1. The molecule has 8 heteroatoms. The number of hydrogen-bond donors (Lipinski definition) is 3. The second-order valence-corrected chi connectivity index (χ2v) is 5.77. The van der Waals surface area contributed by atoms with Crippen molar-refractivity contribution in [3.05, 3.63) is 24.3 Å². The van der Waals surface area contributed by atoms with Gasteiger partial charge in [0.1, 0.15) is 6.04 Å². The van der Waals surface area contributed by atoms with Gasteiger partial charge in [-0.3, -0.25) is 19.7 Å². The monoisotopic (exact) mass is 369 g/mol. The summed E-state index contributed by atoms with van der Waals surface area (Å²) in [4.78, 5) is 36.8. The lowest BCUT2D eigenvalue weighted by Crippen LogP contribution is -2.41. The number of carbonyl (C=O) groups is 3. The van der Waals surface area contributed by atoms with E-state index in [2.05, 4.69) is 10.6 Å². The number of benzene rings is 1. The Balaban J connectivity index is 0.00000312. The molecule has 1 aliphatic heterocycles. The third kappa shape index (κ3) is 5.72. The lowest BCUT2D eigenvalue weighted by molar-refractivity contribution is -0.139. The lowest BCUT2D eigenvalue weighted by atomic mass is 10.1. The number of hydrogen-bond acceptors (Lipinski definition) is 4. The van der Waals surface area contributed by atoms with Gasteiger partial charge in [0.2, 0.25) is 11.8 Å². The average molecular weight is 370 g/mol. The molecule has 0 bridgehead atoms. The summed E-state index contributed by atoms with van der Waals surface area (Å²) in [6.07, 6.45) is 2.49. The van der Waals surface area contributed by atoms with Crippen molar-refractivity contribution in [1.82, 2.24) is 5.32 Å². The van der Waals surface area contributed by atoms with Crippen LogP contribution >= 0.6 is 12.4 Å². The molecule has 1 heterocycles. The van der Waals surface area contributed by atoms with Gasteiger partial charge in [0.25, 0.3) is 0 Å². The molecule has 1 unspecified atom stereocenters. The number of carbonyl (C=O) groups excluding carboxylic acids is 2. The SMILES string of the molecule is CCCC(NCC(=O)Nc1ccccc1N1CCCC1=O)C(=O)O.Cl. The van der Waals surface area contributed by atoms with Gasteiger partial charge in [-0.05, 0) is 25.0 Å². The Bertz CT molecular complexity index is 624. The maximum atomic E-state index is 12.1. The fourth-order valence-corrected chi connectivity index (χ4v) is 2.73. The van der Waals surface area contributed by atoms with Crippen LogP contribution in [0.15, 0.2) is 24.3 Å². The van der Waals surface area contributed by atoms with Crippen LogP contribution in [0, 0.1) is 0 Å². The largest absolute Gasteiger partial charge is 0.480 e. The van der Waals surface area contributed by atoms with Crippen molar-refractivity contribution < 1.29 is 19.5 Å². The van der Waals surface area contributed by atoms with Crippen molar-refractivity contribution in [2.75, 3.05) is 23.3 Å². The smallest absolute Gasteiger partial charge is 0.320 e. The topological polar surface area (TPSA) is 98.7 Å². The third-order valence-electron chi connectivity index (χ3n) is 3.93. The first-order chi connectivity index (χ1) is 11.5. The summed E-state index contributed by atoms with van der Waals surface area (Å²) in [5.41, 5.74) is 1.23. The molecule has 0 aliphatic carbocycles. The summed E-state index contributed by atoms with van der Waals surface area (Å²) in [5, 5.41) is 14.6. The highest BCUT2D eigenvalue weighted by Crippen LogP contribution is 2.29. The molecule has 0 aromatic heterocycles. The molecule has 1 aliphatic rings. The molecule has 1 fully saturated rings. The van der Waals surface area contributed by atoms with Crippen molar-refractivity contribution in [3.8, 4) is 0 Å². The number of nitrogens with one attached hydrogen (secondary N) is 2. The molecule has 1 saturated heterocycles. The highest BCUT2D eigenvalue weighted by molar-refractivity contribution is 6.02. The van der Waals surface area contributed by atoms with Gasteiger partial charge in [0.15, 0.2) is 0 Å². The molecular weight excluding hydrogens is 346 g/mol. The summed E-state index contributed by atoms with van der Waals surface area (Å²) in [5.74, 6) is -1.26. The molecule has 3 N–H and O–H groups in total. The van der Waals surface area contributed by atoms with Crippen LogP contribution in [-0.2, 0) is 14.4 Å². The van der Waals surface area contributed by atoms with Crippen molar-refractivity contribution >= 4 is 41.6 Å². The second-order valence-electron chi connectivity index (χ2n) is 5.77. The molecule has 2 rings (SSSR count). The molecule has 25 heavy (non-hydrogen) atoms. The van der Waals surface area contributed by atoms with Gasteiger partial charge < -0.3 is 15.3 Å². The predicted octanol–water partition coefficient (Wildman–Crippen LogP) is 2.02. The van der Waals surface area contributed by atoms with Gasteiger partial charge in [-0.25, -0.2) is 0 Å². The van der Waals surface area contributed by atoms with Gasteiger partial charge in [0, 0.05) is 13.0 Å². The van der Waals surface area contributed by atoms with Crippen LogP contribution in [0.4, 0.5) is 11.4 Å². The predicted molar refractivity (Wildman–Crippen MR) is 98.2 cm³/mol. The standard InChI is InChI=1S/C17H23N3O4.ClH/c1-2-6-13(17(23)24)18-11-15(21)19-12-7-3-4-8-14(12)20-10-5-9-16(20)22;/h3-4,7-8,13,18H,2,5-6,9-11H2,1H3,(H,19,21)(H,23,24);1H. The van der Waals surface area contributed by atoms with E-state index in [0.29, 0.717) is 37.2 Å². The number of aliphatic carboxylic acids is 1. The molecule has 0 saturated carbocycles. The first kappa shape index (κ1) is 20.9. The molecule has 7 nitrogen and oxygen atoms in total. The zero-order valence-corrected chi connectivity index (χ0v) is 15.0. The zero-order valence-electron chi connectivity index (χ0n) is 14.2. The second kappa shape index (κ2) is 10.0. The third-order valence-corrected chi connectivity index (χ3v) is 3.93. The molecule has 138 valence electrons. The molecule has 0 spiro atoms. The van der Waals surface area contributed by atoms with Gasteiger partial charge >= 0.3 is 5.97 Å². The molecule has 2 amide bonds. The molecule has 1 atom stereocenters. The average Bonchev–Trinajstić information content (AvgIpc) is 2.97. The van der Waals surface area contributed by atoms with Crippen LogP contribution in [0.1, 0.15) is 32.6 Å². The summed E-state index contributed by atoms with van der Waals surface area (Å²) in [6, 6.07) is 6.39. The number of rotatable bonds is 8. The van der Waals surface area contributed by atoms with Crippen LogP contribution < -0.4 is 15.5 Å². The van der Waals surface area contributed by atoms with E-state index in [1.54, 1.807) is 23.1 Å². The van der Waals surface area contributed by atoms with E-state index >= 15 is 0 Å². The van der Waals surface area contributed by atoms with E-state index in [9.17, 15) is 14.4 Å². The fourth-order valence-electron chi connectivity index (χ4n) is 2.73. The number of carboxylic acids is 1. The summed E-state index contributed by atoms with van der Waals surface area (Å²) < 4.78 is 0. The Morgan fingerprint density at radius 1 is 1.32 bits per heavy atom. The van der Waals surface area contributed by atoms with Crippen LogP contribution in [0.25, 0.3) is 0 Å². The Labute approximate surface area is 153 Å². The van der Waals surface area contributed by atoms with Crippen molar-refractivity contribution in [3.63, 3.8) is 0 Å². The first-order valence-corrected chi connectivity index (χ1v) is 8.18. The van der Waals surface area contributed by atoms with E-state index in [0.717, 1.165) is 6.42 Å². The van der Waals surface area contributed by atoms with E-state index < -0.39 is 12.0 Å². The Morgan fingerprint density at radius 2 is 2.04 bits per heavy atom. The summed E-state index contributed by atoms with van der Waals surface area (Å²) in [6.45, 7) is 2.43. The molecule has 1 aromatic rings. The van der Waals surface area contributed by atoms with Crippen molar-refractivity contribution in [2.45, 2.75) is 38.6 Å². The van der Waals surface area contributed by atoms with E-state index in [1.165, 1.54) is 0 Å². The number of amides is 2. The maximum absolute atomic E-state index is 12.1. The first-order valence-electron chi connectivity index (χ1n) is 8.18. The fraction of sp³-hybridized carbons (Fsp3) is 0.471. The number of anilines is 2. The normalized spacial score (nSPS) is 14.8. The lowest BCUT2D eigenvalue weighted by Gasteiger charge is -2.20. The number of para-hydroxylation sites is 2. The van der Waals surface area contributed by atoms with Crippen LogP contribution in [0.5, 0.6) is 0 Å². The number of carboxylic acid groups (broad SMARTS) is 1. The van der Waals surface area contributed by atoms with Crippen LogP contribution in [0.2, 0.25) is 0 Å². The van der Waals surface area contributed by atoms with E-state index in [1.807, 2.05) is 13.0 Å². The van der Waals surface area contributed by atoms with Crippen LogP contribution in [-0.4, -0.2) is 42.0 Å². The minimum absolute atomic E-state index is 0. The Kier molecular flexibility index (Phi) is 8.37. The zero-order chi connectivity index (χ0) is 17.5. The highest BCUT2D eigenvalue weighted by atomic mass is 35.5. The minimum Gasteiger partial charge on any atom is -0.480 e. The molecule has 1 aromatic carbocycles. The minimum atomic E-state index is -0.965. The Morgan fingerprint density at radius 3 is 2.64 bits per heavy atom. The van der Waals surface area contributed by atoms with Crippen LogP contribution in [0.3, 0.4) is 0 Å². The Hall–Kier alpha value is -2.12. The van der Waals surface area contributed by atoms with Crippen molar-refractivity contribution in [2.24, 2.45) is 0 Å². The maximum Gasteiger partial charge on any atom is 0.320 e. The van der Waals surface area contributed by atoms with Gasteiger partial charge in [-0.1, -0.05) is 25.5 Å². The van der Waals surface area contributed by atoms with E-state index in [-0.39, 0.29) is 30.8 Å². The van der Waals surface area contributed by atoms with Gasteiger partial charge in [-0.2, -0.15) is 0 Å². The van der Waals surface area contributed by atoms with E-state index in [4.69, 9.17) is 5.11 Å². The highest BCUT2D eigenvalue weighted by Gasteiger charge is 2.24. The molecular formula is C17H24ClN3O4. The summed E-state index contributed by atoms with van der Waals surface area (Å²) in [7, 11) is 0. The van der Waals surface area contributed by atoms with Gasteiger partial charge in [-0.15, -0.1) is 12.4 Å².